The minimum atomic E-state index is -0.103. The van der Waals surface area contributed by atoms with Crippen LogP contribution >= 0.6 is 11.6 Å². The van der Waals surface area contributed by atoms with E-state index in [0.29, 0.717) is 21.8 Å². The van der Waals surface area contributed by atoms with Gasteiger partial charge in [0.2, 0.25) is 0 Å². The van der Waals surface area contributed by atoms with Gasteiger partial charge in [-0.2, -0.15) is 0 Å². The minimum Gasteiger partial charge on any atom is -0.397 e. The smallest absolute Gasteiger partial charge is 0.195 e. The number of halogens is 1. The Balaban J connectivity index is 2.48. The Labute approximate surface area is 105 Å². The van der Waals surface area contributed by atoms with Crippen LogP contribution in [0.4, 0.5) is 5.69 Å². The SMILES string of the molecule is Cc1cccc(C(=O)c2cccc(Cl)c2N)c1. The number of carbonyl (C=O) groups is 1. The summed E-state index contributed by atoms with van der Waals surface area (Å²) >= 11 is 5.90. The van der Waals surface area contributed by atoms with Crippen LogP contribution in [0.5, 0.6) is 0 Å². The highest BCUT2D eigenvalue weighted by Gasteiger charge is 2.13. The van der Waals surface area contributed by atoms with E-state index < -0.39 is 0 Å². The molecule has 0 radical (unpaired) electrons. The topological polar surface area (TPSA) is 43.1 Å². The van der Waals surface area contributed by atoms with Crippen molar-refractivity contribution in [2.24, 2.45) is 0 Å². The van der Waals surface area contributed by atoms with Crippen LogP contribution < -0.4 is 5.73 Å². The molecular weight excluding hydrogens is 234 g/mol. The summed E-state index contributed by atoms with van der Waals surface area (Å²) in [6, 6.07) is 12.5. The molecule has 86 valence electrons. The Morgan fingerprint density at radius 1 is 1.18 bits per heavy atom. The molecule has 0 amide bonds. The minimum absolute atomic E-state index is 0.103. The number of rotatable bonds is 2. The first-order valence-electron chi connectivity index (χ1n) is 5.25. The van der Waals surface area contributed by atoms with Crippen molar-refractivity contribution in [2.75, 3.05) is 5.73 Å². The second-order valence-electron chi connectivity index (χ2n) is 3.90. The van der Waals surface area contributed by atoms with Crippen LogP contribution in [0, 0.1) is 6.92 Å². The second-order valence-corrected chi connectivity index (χ2v) is 4.31. The Bertz CT molecular complexity index is 578. The van der Waals surface area contributed by atoms with E-state index in [9.17, 15) is 4.79 Å². The first-order valence-corrected chi connectivity index (χ1v) is 5.63. The summed E-state index contributed by atoms with van der Waals surface area (Å²) in [6.07, 6.45) is 0. The van der Waals surface area contributed by atoms with E-state index in [1.807, 2.05) is 25.1 Å². The highest BCUT2D eigenvalue weighted by atomic mass is 35.5. The molecule has 0 aliphatic heterocycles. The summed E-state index contributed by atoms with van der Waals surface area (Å²) in [7, 11) is 0. The lowest BCUT2D eigenvalue weighted by molar-refractivity contribution is 0.103. The highest BCUT2D eigenvalue weighted by molar-refractivity contribution is 6.34. The van der Waals surface area contributed by atoms with Gasteiger partial charge >= 0.3 is 0 Å². The van der Waals surface area contributed by atoms with Gasteiger partial charge in [0.15, 0.2) is 5.78 Å². The molecule has 17 heavy (non-hydrogen) atoms. The number of nitrogens with two attached hydrogens (primary N) is 1. The number of hydrogen-bond donors (Lipinski definition) is 1. The van der Waals surface area contributed by atoms with Crippen molar-refractivity contribution in [1.82, 2.24) is 0 Å². The average Bonchev–Trinajstić information content (AvgIpc) is 2.32. The van der Waals surface area contributed by atoms with Gasteiger partial charge in [-0.25, -0.2) is 0 Å². The predicted molar refractivity (Wildman–Crippen MR) is 70.5 cm³/mol. The lowest BCUT2D eigenvalue weighted by Gasteiger charge is -2.06. The number of ketones is 1. The molecule has 3 heteroatoms. The molecule has 0 saturated carbocycles. The van der Waals surface area contributed by atoms with Crippen molar-refractivity contribution < 1.29 is 4.79 Å². The molecule has 0 atom stereocenters. The molecule has 2 nitrogen and oxygen atoms in total. The van der Waals surface area contributed by atoms with E-state index >= 15 is 0 Å². The van der Waals surface area contributed by atoms with Gasteiger partial charge in [0.25, 0.3) is 0 Å². The van der Waals surface area contributed by atoms with E-state index in [0.717, 1.165) is 5.56 Å². The zero-order chi connectivity index (χ0) is 12.4. The molecule has 2 aromatic rings. The Morgan fingerprint density at radius 2 is 1.88 bits per heavy atom. The summed E-state index contributed by atoms with van der Waals surface area (Å²) < 4.78 is 0. The van der Waals surface area contributed by atoms with Gasteiger partial charge < -0.3 is 5.73 Å². The van der Waals surface area contributed by atoms with Crippen LogP contribution in [0.1, 0.15) is 21.5 Å². The fourth-order valence-corrected chi connectivity index (χ4v) is 1.85. The van der Waals surface area contributed by atoms with Gasteiger partial charge in [-0.1, -0.05) is 41.4 Å². The van der Waals surface area contributed by atoms with Crippen molar-refractivity contribution in [1.29, 1.82) is 0 Å². The number of benzene rings is 2. The predicted octanol–water partition coefficient (Wildman–Crippen LogP) is 3.46. The number of nitrogen functional groups attached to an aromatic ring is 1. The molecule has 0 heterocycles. The number of anilines is 1. The molecular formula is C14H12ClNO. The third kappa shape index (κ3) is 2.32. The number of aryl methyl sites for hydroxylation is 1. The molecule has 0 aliphatic rings. The lowest BCUT2D eigenvalue weighted by Crippen LogP contribution is -2.05. The van der Waals surface area contributed by atoms with E-state index in [4.69, 9.17) is 17.3 Å². The van der Waals surface area contributed by atoms with Crippen molar-refractivity contribution in [3.05, 3.63) is 64.2 Å². The maximum Gasteiger partial charge on any atom is 0.195 e. The third-order valence-electron chi connectivity index (χ3n) is 2.58. The molecule has 0 bridgehead atoms. The zero-order valence-electron chi connectivity index (χ0n) is 9.41. The fraction of sp³-hybridized carbons (Fsp3) is 0.0714. The molecule has 0 unspecified atom stereocenters. The van der Waals surface area contributed by atoms with E-state index in [1.54, 1.807) is 24.3 Å². The van der Waals surface area contributed by atoms with Crippen molar-refractivity contribution >= 4 is 23.1 Å². The largest absolute Gasteiger partial charge is 0.397 e. The normalized spacial score (nSPS) is 10.2. The Kier molecular flexibility index (Phi) is 3.16. The van der Waals surface area contributed by atoms with Crippen LogP contribution in [0.25, 0.3) is 0 Å². The Hall–Kier alpha value is -1.80. The van der Waals surface area contributed by atoms with Gasteiger partial charge in [-0.05, 0) is 25.1 Å². The van der Waals surface area contributed by atoms with E-state index in [2.05, 4.69) is 0 Å². The summed E-state index contributed by atoms with van der Waals surface area (Å²) in [4.78, 5) is 12.2. The van der Waals surface area contributed by atoms with Crippen molar-refractivity contribution in [3.63, 3.8) is 0 Å². The van der Waals surface area contributed by atoms with E-state index in [-0.39, 0.29) is 5.78 Å². The summed E-state index contributed by atoms with van der Waals surface area (Å²) in [5.74, 6) is -0.103. The number of hydrogen-bond acceptors (Lipinski definition) is 2. The molecule has 0 saturated heterocycles. The maximum atomic E-state index is 12.2. The maximum absolute atomic E-state index is 12.2. The molecule has 2 N–H and O–H groups in total. The lowest BCUT2D eigenvalue weighted by atomic mass is 10.0. The number of carbonyl (C=O) groups excluding carboxylic acids is 1. The van der Waals surface area contributed by atoms with Gasteiger partial charge in [0, 0.05) is 11.1 Å². The van der Waals surface area contributed by atoms with Gasteiger partial charge in [0.1, 0.15) is 0 Å². The molecule has 2 aromatic carbocycles. The molecule has 2 rings (SSSR count). The van der Waals surface area contributed by atoms with Crippen molar-refractivity contribution in [3.8, 4) is 0 Å². The average molecular weight is 246 g/mol. The summed E-state index contributed by atoms with van der Waals surface area (Å²) in [5, 5.41) is 0.406. The monoisotopic (exact) mass is 245 g/mol. The molecule has 0 aromatic heterocycles. The Morgan fingerprint density at radius 3 is 2.59 bits per heavy atom. The third-order valence-corrected chi connectivity index (χ3v) is 2.91. The van der Waals surface area contributed by atoms with E-state index in [1.165, 1.54) is 0 Å². The summed E-state index contributed by atoms with van der Waals surface area (Å²) in [5.41, 5.74) is 8.25. The molecule has 0 spiro atoms. The highest BCUT2D eigenvalue weighted by Crippen LogP contribution is 2.24. The quantitative estimate of drug-likeness (QED) is 0.650. The van der Waals surface area contributed by atoms with Crippen LogP contribution in [0.2, 0.25) is 5.02 Å². The molecule has 0 aliphatic carbocycles. The second kappa shape index (κ2) is 4.60. The fourth-order valence-electron chi connectivity index (χ4n) is 1.68. The number of para-hydroxylation sites is 1. The standard InChI is InChI=1S/C14H12ClNO/c1-9-4-2-5-10(8-9)14(17)11-6-3-7-12(15)13(11)16/h2-8H,16H2,1H3. The zero-order valence-corrected chi connectivity index (χ0v) is 10.2. The van der Waals surface area contributed by atoms with Crippen molar-refractivity contribution in [2.45, 2.75) is 6.92 Å². The van der Waals surface area contributed by atoms with Gasteiger partial charge in [-0.15, -0.1) is 0 Å². The van der Waals surface area contributed by atoms with Gasteiger partial charge in [-0.3, -0.25) is 4.79 Å². The first-order chi connectivity index (χ1) is 8.09. The van der Waals surface area contributed by atoms with Crippen LogP contribution in [0.3, 0.4) is 0 Å². The summed E-state index contributed by atoms with van der Waals surface area (Å²) in [6.45, 7) is 1.94. The van der Waals surface area contributed by atoms with Crippen LogP contribution in [-0.4, -0.2) is 5.78 Å². The van der Waals surface area contributed by atoms with Crippen LogP contribution in [0.15, 0.2) is 42.5 Å². The van der Waals surface area contributed by atoms with Gasteiger partial charge in [0.05, 0.1) is 10.7 Å². The first kappa shape index (κ1) is 11.7. The molecule has 0 fully saturated rings. The van der Waals surface area contributed by atoms with Crippen LogP contribution in [-0.2, 0) is 0 Å².